The van der Waals surface area contributed by atoms with Crippen molar-refractivity contribution in [2.24, 2.45) is 5.73 Å². The van der Waals surface area contributed by atoms with Crippen molar-refractivity contribution < 1.29 is 8.78 Å². The van der Waals surface area contributed by atoms with Crippen molar-refractivity contribution >= 4 is 0 Å². The van der Waals surface area contributed by atoms with E-state index < -0.39 is 23.2 Å². The Hall–Kier alpha value is -2.22. The van der Waals surface area contributed by atoms with Gasteiger partial charge in [0.2, 0.25) is 0 Å². The predicted molar refractivity (Wildman–Crippen MR) is 63.0 cm³/mol. The van der Waals surface area contributed by atoms with Gasteiger partial charge in [-0.1, -0.05) is 6.92 Å². The average molecular weight is 267 g/mol. The third-order valence-corrected chi connectivity index (χ3v) is 2.55. The van der Waals surface area contributed by atoms with E-state index >= 15 is 0 Å². The van der Waals surface area contributed by atoms with Crippen LogP contribution in [0.1, 0.15) is 25.1 Å². The highest BCUT2D eigenvalue weighted by Crippen LogP contribution is 2.15. The van der Waals surface area contributed by atoms with Crippen molar-refractivity contribution in [1.29, 1.82) is 0 Å². The molecule has 19 heavy (non-hydrogen) atoms. The lowest BCUT2D eigenvalue weighted by molar-refractivity contribution is 0.574. The normalized spacial score (nSPS) is 12.4. The van der Waals surface area contributed by atoms with E-state index in [0.717, 1.165) is 6.20 Å². The van der Waals surface area contributed by atoms with Crippen LogP contribution < -0.4 is 11.3 Å². The number of rotatable bonds is 3. The molecular weight excluding hydrogens is 256 g/mol. The average Bonchev–Trinajstić information content (AvgIpc) is 2.37. The highest BCUT2D eigenvalue weighted by atomic mass is 19.1. The Bertz CT molecular complexity index is 658. The lowest BCUT2D eigenvalue weighted by atomic mass is 10.2. The highest BCUT2D eigenvalue weighted by molar-refractivity contribution is 5.48. The third-order valence-electron chi connectivity index (χ3n) is 2.55. The number of hydrogen-bond acceptors (Lipinski definition) is 5. The van der Waals surface area contributed by atoms with Crippen LogP contribution in [-0.2, 0) is 0 Å². The maximum atomic E-state index is 13.5. The molecule has 0 aliphatic heterocycles. The summed E-state index contributed by atoms with van der Waals surface area (Å²) in [6.07, 6.45) is 1.34. The molecule has 0 saturated heterocycles. The molecule has 1 atom stereocenters. The summed E-state index contributed by atoms with van der Waals surface area (Å²) in [7, 11) is 0. The summed E-state index contributed by atoms with van der Waals surface area (Å²) in [5.41, 5.74) is 4.90. The van der Waals surface area contributed by atoms with Crippen LogP contribution in [0.15, 0.2) is 17.1 Å². The standard InChI is InChI=1S/C11H11F2N5O/c1-2-7(14)9-11(19)16-10(18-17-9)8-6(13)3-5(12)4-15-8/h3-4,7H,2,14H2,1H3,(H,16,18,19). The maximum absolute atomic E-state index is 13.5. The van der Waals surface area contributed by atoms with E-state index in [2.05, 4.69) is 20.2 Å². The largest absolute Gasteiger partial charge is 0.322 e. The van der Waals surface area contributed by atoms with Gasteiger partial charge in [-0.15, -0.1) is 10.2 Å². The highest BCUT2D eigenvalue weighted by Gasteiger charge is 2.15. The predicted octanol–water partition coefficient (Wildman–Crippen LogP) is 0.915. The smallest absolute Gasteiger partial charge is 0.274 e. The molecule has 2 rings (SSSR count). The molecule has 1 unspecified atom stereocenters. The molecule has 0 amide bonds. The van der Waals surface area contributed by atoms with Gasteiger partial charge in [0.1, 0.15) is 17.2 Å². The van der Waals surface area contributed by atoms with Gasteiger partial charge >= 0.3 is 0 Å². The molecule has 0 aliphatic rings. The molecule has 0 fully saturated rings. The molecule has 0 saturated carbocycles. The second-order valence-electron chi connectivity index (χ2n) is 3.89. The SMILES string of the molecule is CCC(N)c1nnc(-c2ncc(F)cc2F)[nH]c1=O. The minimum Gasteiger partial charge on any atom is -0.322 e. The Morgan fingerprint density at radius 1 is 1.42 bits per heavy atom. The van der Waals surface area contributed by atoms with Crippen molar-refractivity contribution in [2.45, 2.75) is 19.4 Å². The molecule has 6 nitrogen and oxygen atoms in total. The summed E-state index contributed by atoms with van der Waals surface area (Å²) in [6.45, 7) is 1.79. The van der Waals surface area contributed by atoms with Gasteiger partial charge in [-0.25, -0.2) is 13.8 Å². The quantitative estimate of drug-likeness (QED) is 0.861. The van der Waals surface area contributed by atoms with Crippen LogP contribution in [0.5, 0.6) is 0 Å². The number of aromatic nitrogens is 4. The Kier molecular flexibility index (Phi) is 3.61. The summed E-state index contributed by atoms with van der Waals surface area (Å²) in [5.74, 6) is -1.92. The molecule has 0 radical (unpaired) electrons. The number of H-pyrrole nitrogens is 1. The van der Waals surface area contributed by atoms with Gasteiger partial charge in [0.05, 0.1) is 12.2 Å². The first-order chi connectivity index (χ1) is 9.02. The van der Waals surface area contributed by atoms with Crippen LogP contribution >= 0.6 is 0 Å². The van der Waals surface area contributed by atoms with Gasteiger partial charge in [-0.05, 0) is 6.42 Å². The second kappa shape index (κ2) is 5.19. The zero-order valence-corrected chi connectivity index (χ0v) is 10.0. The van der Waals surface area contributed by atoms with Crippen molar-refractivity contribution in [1.82, 2.24) is 20.2 Å². The molecular formula is C11H11F2N5O. The second-order valence-corrected chi connectivity index (χ2v) is 3.89. The van der Waals surface area contributed by atoms with Crippen LogP contribution in [0.2, 0.25) is 0 Å². The Balaban J connectivity index is 2.48. The van der Waals surface area contributed by atoms with E-state index in [0.29, 0.717) is 12.5 Å². The Labute approximate surface area is 106 Å². The number of aromatic amines is 1. The van der Waals surface area contributed by atoms with Crippen molar-refractivity contribution in [3.63, 3.8) is 0 Å². The van der Waals surface area contributed by atoms with Crippen molar-refractivity contribution in [3.05, 3.63) is 39.9 Å². The molecule has 8 heteroatoms. The lowest BCUT2D eigenvalue weighted by Gasteiger charge is -2.06. The van der Waals surface area contributed by atoms with Gasteiger partial charge < -0.3 is 10.7 Å². The maximum Gasteiger partial charge on any atom is 0.274 e. The number of nitrogens with zero attached hydrogens (tertiary/aromatic N) is 3. The fourth-order valence-corrected chi connectivity index (χ4v) is 1.48. The number of halogens is 2. The first-order valence-corrected chi connectivity index (χ1v) is 5.56. The van der Waals surface area contributed by atoms with Crippen molar-refractivity contribution in [2.75, 3.05) is 0 Å². The van der Waals surface area contributed by atoms with Gasteiger partial charge in [-0.3, -0.25) is 4.79 Å². The van der Waals surface area contributed by atoms with Crippen LogP contribution in [0, 0.1) is 11.6 Å². The van der Waals surface area contributed by atoms with Crippen LogP contribution in [-0.4, -0.2) is 20.2 Å². The Morgan fingerprint density at radius 3 is 2.74 bits per heavy atom. The number of hydrogen-bond donors (Lipinski definition) is 2. The summed E-state index contributed by atoms with van der Waals surface area (Å²) in [5, 5.41) is 7.33. The molecule has 2 aromatic rings. The topological polar surface area (TPSA) is 97.5 Å². The van der Waals surface area contributed by atoms with Crippen molar-refractivity contribution in [3.8, 4) is 11.5 Å². The van der Waals surface area contributed by atoms with E-state index in [1.54, 1.807) is 6.92 Å². The summed E-state index contributed by atoms with van der Waals surface area (Å²) in [6, 6.07) is 0.102. The first kappa shape index (κ1) is 13.2. The zero-order valence-electron chi connectivity index (χ0n) is 10.0. The minimum atomic E-state index is -0.933. The molecule has 3 N–H and O–H groups in total. The lowest BCUT2D eigenvalue weighted by Crippen LogP contribution is -2.25. The third kappa shape index (κ3) is 2.63. The number of nitrogens with two attached hydrogens (primary N) is 1. The first-order valence-electron chi connectivity index (χ1n) is 5.56. The van der Waals surface area contributed by atoms with Gasteiger partial charge in [0, 0.05) is 6.07 Å². The minimum absolute atomic E-state index is 0.0637. The number of pyridine rings is 1. The molecule has 100 valence electrons. The fraction of sp³-hybridized carbons (Fsp3) is 0.273. The number of nitrogens with one attached hydrogen (secondary N) is 1. The molecule has 0 spiro atoms. The summed E-state index contributed by atoms with van der Waals surface area (Å²) >= 11 is 0. The molecule has 0 aliphatic carbocycles. The Morgan fingerprint density at radius 2 is 2.16 bits per heavy atom. The van der Waals surface area contributed by atoms with E-state index in [4.69, 9.17) is 5.73 Å². The monoisotopic (exact) mass is 267 g/mol. The van der Waals surface area contributed by atoms with Crippen LogP contribution in [0.3, 0.4) is 0 Å². The zero-order chi connectivity index (χ0) is 14.0. The summed E-state index contributed by atoms with van der Waals surface area (Å²) < 4.78 is 26.2. The van der Waals surface area contributed by atoms with E-state index in [-0.39, 0.29) is 17.2 Å². The van der Waals surface area contributed by atoms with E-state index in [9.17, 15) is 13.6 Å². The van der Waals surface area contributed by atoms with E-state index in [1.807, 2.05) is 0 Å². The molecule has 2 aromatic heterocycles. The van der Waals surface area contributed by atoms with Gasteiger partial charge in [0.25, 0.3) is 5.56 Å². The molecule has 0 bridgehead atoms. The van der Waals surface area contributed by atoms with Crippen LogP contribution in [0.25, 0.3) is 11.5 Å². The van der Waals surface area contributed by atoms with Gasteiger partial charge in [-0.2, -0.15) is 0 Å². The molecule has 2 heterocycles. The summed E-state index contributed by atoms with van der Waals surface area (Å²) in [4.78, 5) is 17.6. The fourth-order valence-electron chi connectivity index (χ4n) is 1.48. The molecule has 0 aromatic carbocycles. The van der Waals surface area contributed by atoms with Gasteiger partial charge in [0.15, 0.2) is 11.6 Å². The van der Waals surface area contributed by atoms with Crippen LogP contribution in [0.4, 0.5) is 8.78 Å². The van der Waals surface area contributed by atoms with E-state index in [1.165, 1.54) is 0 Å².